The van der Waals surface area contributed by atoms with Gasteiger partial charge in [-0.15, -0.1) is 0 Å². The van der Waals surface area contributed by atoms with E-state index in [4.69, 9.17) is 5.73 Å². The van der Waals surface area contributed by atoms with Crippen LogP contribution < -0.4 is 16.4 Å². The maximum Gasteiger partial charge on any atom is 0.316 e. The lowest BCUT2D eigenvalue weighted by molar-refractivity contribution is 0.0953. The average molecular weight is 264 g/mol. The van der Waals surface area contributed by atoms with Gasteiger partial charge in [0.1, 0.15) is 0 Å². The van der Waals surface area contributed by atoms with Crippen molar-refractivity contribution in [3.63, 3.8) is 0 Å². The van der Waals surface area contributed by atoms with Crippen molar-refractivity contribution in [1.29, 1.82) is 0 Å². The van der Waals surface area contributed by atoms with Gasteiger partial charge in [-0.3, -0.25) is 4.79 Å². The highest BCUT2D eigenvalue weighted by Crippen LogP contribution is 2.12. The molecular weight excluding hydrogens is 244 g/mol. The molecule has 1 aromatic rings. The molecule has 6 heteroatoms. The molecule has 0 aliphatic rings. The summed E-state index contributed by atoms with van der Waals surface area (Å²) in [5.74, 6) is -0.203. The third-order valence-corrected chi connectivity index (χ3v) is 2.63. The van der Waals surface area contributed by atoms with E-state index < -0.39 is 0 Å². The second-order valence-corrected chi connectivity index (χ2v) is 4.45. The zero-order valence-corrected chi connectivity index (χ0v) is 11.5. The molecular formula is C13H20N4O2. The number of aryl methyl sites for hydroxylation is 1. The molecule has 4 N–H and O–H groups in total. The molecule has 0 saturated carbocycles. The van der Waals surface area contributed by atoms with Gasteiger partial charge in [0, 0.05) is 38.4 Å². The standard InChI is InChI=1S/C13H20N4O2/c1-9-4-5-10(8-11(9)14)12(18)15-6-7-16-13(19)17(2)3/h4-5,8H,6-7,14H2,1-3H3,(H,15,18)(H,16,19). The van der Waals surface area contributed by atoms with E-state index in [1.807, 2.05) is 6.92 Å². The highest BCUT2D eigenvalue weighted by Gasteiger charge is 2.07. The highest BCUT2D eigenvalue weighted by atomic mass is 16.2. The molecule has 3 amide bonds. The van der Waals surface area contributed by atoms with Crippen LogP contribution in [0.3, 0.4) is 0 Å². The number of anilines is 1. The van der Waals surface area contributed by atoms with Crippen LogP contribution in [-0.2, 0) is 0 Å². The summed E-state index contributed by atoms with van der Waals surface area (Å²) in [4.78, 5) is 24.5. The molecule has 0 saturated heterocycles. The summed E-state index contributed by atoms with van der Waals surface area (Å²) >= 11 is 0. The lowest BCUT2D eigenvalue weighted by Gasteiger charge is -2.12. The maximum absolute atomic E-state index is 11.8. The average Bonchev–Trinajstić information content (AvgIpc) is 2.37. The van der Waals surface area contributed by atoms with Crippen molar-refractivity contribution in [2.45, 2.75) is 6.92 Å². The second-order valence-electron chi connectivity index (χ2n) is 4.45. The molecule has 0 bridgehead atoms. The van der Waals surface area contributed by atoms with E-state index >= 15 is 0 Å². The van der Waals surface area contributed by atoms with Crippen LogP contribution in [0.15, 0.2) is 18.2 Å². The first-order valence-electron chi connectivity index (χ1n) is 6.01. The Morgan fingerprint density at radius 3 is 2.42 bits per heavy atom. The van der Waals surface area contributed by atoms with Crippen LogP contribution in [0.25, 0.3) is 0 Å². The van der Waals surface area contributed by atoms with Gasteiger partial charge in [0.15, 0.2) is 0 Å². The van der Waals surface area contributed by atoms with Crippen molar-refractivity contribution in [1.82, 2.24) is 15.5 Å². The lowest BCUT2D eigenvalue weighted by Crippen LogP contribution is -2.39. The van der Waals surface area contributed by atoms with Crippen molar-refractivity contribution in [2.24, 2.45) is 0 Å². The number of benzene rings is 1. The Labute approximate surface area is 113 Å². The summed E-state index contributed by atoms with van der Waals surface area (Å²) in [6.07, 6.45) is 0. The Bertz CT molecular complexity index is 472. The van der Waals surface area contributed by atoms with Crippen molar-refractivity contribution in [3.8, 4) is 0 Å². The zero-order chi connectivity index (χ0) is 14.4. The minimum atomic E-state index is -0.203. The molecule has 1 aromatic carbocycles. The lowest BCUT2D eigenvalue weighted by atomic mass is 10.1. The summed E-state index contributed by atoms with van der Waals surface area (Å²) < 4.78 is 0. The van der Waals surface area contributed by atoms with E-state index in [0.717, 1.165) is 5.56 Å². The number of nitrogens with one attached hydrogen (secondary N) is 2. The maximum atomic E-state index is 11.8. The largest absolute Gasteiger partial charge is 0.398 e. The number of nitrogens with two attached hydrogens (primary N) is 1. The van der Waals surface area contributed by atoms with Gasteiger partial charge >= 0.3 is 6.03 Å². The number of hydrogen-bond donors (Lipinski definition) is 3. The first-order valence-corrected chi connectivity index (χ1v) is 6.01. The van der Waals surface area contributed by atoms with Gasteiger partial charge < -0.3 is 21.3 Å². The van der Waals surface area contributed by atoms with Gasteiger partial charge in [-0.25, -0.2) is 4.79 Å². The van der Waals surface area contributed by atoms with Crippen molar-refractivity contribution < 1.29 is 9.59 Å². The number of urea groups is 1. The van der Waals surface area contributed by atoms with Crippen LogP contribution in [0.2, 0.25) is 0 Å². The predicted molar refractivity (Wildman–Crippen MR) is 75.0 cm³/mol. The number of carbonyl (C=O) groups is 2. The normalized spacial score (nSPS) is 9.84. The fraction of sp³-hybridized carbons (Fsp3) is 0.385. The summed E-state index contributed by atoms with van der Waals surface area (Å²) in [5, 5.41) is 5.37. The van der Waals surface area contributed by atoms with E-state index in [1.54, 1.807) is 32.3 Å². The Morgan fingerprint density at radius 2 is 1.84 bits per heavy atom. The molecule has 0 heterocycles. The first-order chi connectivity index (χ1) is 8.91. The minimum absolute atomic E-state index is 0.186. The van der Waals surface area contributed by atoms with Crippen molar-refractivity contribution >= 4 is 17.6 Å². The molecule has 0 fully saturated rings. The first kappa shape index (κ1) is 14.8. The van der Waals surface area contributed by atoms with E-state index in [-0.39, 0.29) is 11.9 Å². The molecule has 19 heavy (non-hydrogen) atoms. The van der Waals surface area contributed by atoms with Gasteiger partial charge in [0.2, 0.25) is 0 Å². The topological polar surface area (TPSA) is 87.5 Å². The molecule has 1 rings (SSSR count). The number of nitrogens with zero attached hydrogens (tertiary/aromatic N) is 1. The molecule has 104 valence electrons. The predicted octanol–water partition coefficient (Wildman–Crippen LogP) is 0.578. The van der Waals surface area contributed by atoms with E-state index in [0.29, 0.717) is 24.3 Å². The summed E-state index contributed by atoms with van der Waals surface area (Å²) in [5.41, 5.74) is 7.79. The number of nitrogen functional groups attached to an aromatic ring is 1. The highest BCUT2D eigenvalue weighted by molar-refractivity contribution is 5.95. The van der Waals surface area contributed by atoms with Crippen LogP contribution in [0.4, 0.5) is 10.5 Å². The zero-order valence-electron chi connectivity index (χ0n) is 11.5. The van der Waals surface area contributed by atoms with Crippen LogP contribution >= 0.6 is 0 Å². The van der Waals surface area contributed by atoms with Gasteiger partial charge in [-0.2, -0.15) is 0 Å². The summed E-state index contributed by atoms with van der Waals surface area (Å²) in [7, 11) is 3.31. The van der Waals surface area contributed by atoms with Gasteiger partial charge in [0.25, 0.3) is 5.91 Å². The molecule has 0 radical (unpaired) electrons. The summed E-state index contributed by atoms with van der Waals surface area (Å²) in [6.45, 7) is 2.63. The van der Waals surface area contributed by atoms with Crippen molar-refractivity contribution in [2.75, 3.05) is 32.9 Å². The van der Waals surface area contributed by atoms with Gasteiger partial charge in [-0.1, -0.05) is 6.07 Å². The molecule has 0 atom stereocenters. The van der Waals surface area contributed by atoms with Crippen molar-refractivity contribution in [3.05, 3.63) is 29.3 Å². The fourth-order valence-corrected chi connectivity index (χ4v) is 1.39. The molecule has 6 nitrogen and oxygen atoms in total. The third kappa shape index (κ3) is 4.50. The van der Waals surface area contributed by atoms with Crippen LogP contribution in [0.1, 0.15) is 15.9 Å². The van der Waals surface area contributed by atoms with Gasteiger partial charge in [0.05, 0.1) is 0 Å². The second kappa shape index (κ2) is 6.63. The smallest absolute Gasteiger partial charge is 0.316 e. The van der Waals surface area contributed by atoms with Crippen LogP contribution in [0, 0.1) is 6.92 Å². The number of rotatable bonds is 4. The molecule has 0 aliphatic heterocycles. The van der Waals surface area contributed by atoms with Crippen LogP contribution in [-0.4, -0.2) is 44.0 Å². The minimum Gasteiger partial charge on any atom is -0.398 e. The summed E-state index contributed by atoms with van der Waals surface area (Å²) in [6, 6.07) is 4.98. The Kier molecular flexibility index (Phi) is 5.17. The molecule has 0 unspecified atom stereocenters. The van der Waals surface area contributed by atoms with E-state index in [9.17, 15) is 9.59 Å². The fourth-order valence-electron chi connectivity index (χ4n) is 1.39. The molecule has 0 aliphatic carbocycles. The Morgan fingerprint density at radius 1 is 1.21 bits per heavy atom. The SMILES string of the molecule is Cc1ccc(C(=O)NCCNC(=O)N(C)C)cc1N. The quantitative estimate of drug-likeness (QED) is 0.549. The third-order valence-electron chi connectivity index (χ3n) is 2.63. The number of amides is 3. The van der Waals surface area contributed by atoms with E-state index in [2.05, 4.69) is 10.6 Å². The van der Waals surface area contributed by atoms with Gasteiger partial charge in [-0.05, 0) is 24.6 Å². The number of hydrogen-bond acceptors (Lipinski definition) is 3. The Hall–Kier alpha value is -2.24. The van der Waals surface area contributed by atoms with Crippen LogP contribution in [0.5, 0.6) is 0 Å². The Balaban J connectivity index is 2.39. The monoisotopic (exact) mass is 264 g/mol. The molecule has 0 spiro atoms. The van der Waals surface area contributed by atoms with E-state index in [1.165, 1.54) is 4.90 Å². The number of carbonyl (C=O) groups excluding carboxylic acids is 2. The molecule has 0 aromatic heterocycles.